The van der Waals surface area contributed by atoms with Gasteiger partial charge in [0.1, 0.15) is 12.7 Å². The van der Waals surface area contributed by atoms with Gasteiger partial charge in [-0.25, -0.2) is 9.48 Å². The van der Waals surface area contributed by atoms with Crippen LogP contribution in [-0.2, 0) is 52.9 Å². The van der Waals surface area contributed by atoms with E-state index in [1.165, 1.54) is 17.7 Å². The summed E-state index contributed by atoms with van der Waals surface area (Å²) >= 11 is 3.31. The van der Waals surface area contributed by atoms with E-state index in [1.807, 2.05) is 0 Å². The number of nitrogens with zero attached hydrogens (tertiary/aromatic N) is 2. The van der Waals surface area contributed by atoms with Crippen LogP contribution < -0.4 is 0 Å². The molecule has 2 heterocycles. The van der Waals surface area contributed by atoms with Crippen molar-refractivity contribution in [1.29, 1.82) is 0 Å². The van der Waals surface area contributed by atoms with Gasteiger partial charge in [-0.15, -0.1) is 0 Å². The Kier molecular flexibility index (Phi) is 10.2. The van der Waals surface area contributed by atoms with Gasteiger partial charge in [0.15, 0.2) is 30.2 Å². The number of alkyl halides is 1. The van der Waals surface area contributed by atoms with E-state index < -0.39 is 60.5 Å². The van der Waals surface area contributed by atoms with E-state index in [4.69, 9.17) is 28.4 Å². The Bertz CT molecular complexity index is 963. The number of carbonyl (C=O) groups is 5. The molecule has 0 saturated carbocycles. The first-order valence-corrected chi connectivity index (χ1v) is 11.7. The first-order chi connectivity index (χ1) is 16.5. The normalized spacial score (nSPS) is 23.7. The fourth-order valence-electron chi connectivity index (χ4n) is 3.46. The monoisotopic (exact) mass is 562 g/mol. The average molecular weight is 563 g/mol. The molecule has 35 heavy (non-hydrogen) atoms. The number of ether oxygens (including phenoxy) is 6. The number of aromatic nitrogens is 2. The summed E-state index contributed by atoms with van der Waals surface area (Å²) in [5.74, 6) is -3.58. The van der Waals surface area contributed by atoms with Crippen molar-refractivity contribution < 1.29 is 52.4 Å². The molecule has 1 fully saturated rings. The van der Waals surface area contributed by atoms with Crippen molar-refractivity contribution in [3.63, 3.8) is 0 Å². The zero-order valence-corrected chi connectivity index (χ0v) is 21.4. The Morgan fingerprint density at radius 2 is 1.49 bits per heavy atom. The lowest BCUT2D eigenvalue weighted by atomic mass is 9.97. The number of halogens is 1. The molecule has 0 spiro atoms. The van der Waals surface area contributed by atoms with Gasteiger partial charge in [0.2, 0.25) is 0 Å². The standard InChI is InChI=1S/C21H27BrN2O11/c1-6-30-21(29)15-7-14(8-22)24(23-15)20-19(34-13(5)28)18(33-12(4)27)17(32-11(3)26)16(35-20)9-31-10(2)25/h7,16-20H,6,8-9H2,1-5H3/t16-,17-,18+,19-,20-/m1/s1. The number of esters is 5. The van der Waals surface area contributed by atoms with Crippen molar-refractivity contribution in [2.24, 2.45) is 0 Å². The number of carbonyl (C=O) groups excluding carboxylic acids is 5. The van der Waals surface area contributed by atoms with Crippen LogP contribution in [0, 0.1) is 0 Å². The molecule has 0 amide bonds. The molecule has 1 saturated heterocycles. The first-order valence-electron chi connectivity index (χ1n) is 10.6. The van der Waals surface area contributed by atoms with Crippen LogP contribution in [0.1, 0.15) is 57.0 Å². The van der Waals surface area contributed by atoms with Crippen LogP contribution in [0.4, 0.5) is 0 Å². The number of hydrogen-bond donors (Lipinski definition) is 0. The summed E-state index contributed by atoms with van der Waals surface area (Å²) in [5.41, 5.74) is 0.378. The Morgan fingerprint density at radius 3 is 2.00 bits per heavy atom. The SMILES string of the molecule is CCOC(=O)c1cc(CBr)n([C@@H]2O[C@H](COC(C)=O)[C@@H](OC(C)=O)[C@H](OC(C)=O)[C@H]2OC(C)=O)n1. The molecule has 0 N–H and O–H groups in total. The lowest BCUT2D eigenvalue weighted by Gasteiger charge is -2.44. The van der Waals surface area contributed by atoms with Crippen molar-refractivity contribution >= 4 is 45.8 Å². The Hall–Kier alpha value is -3.00. The Balaban J connectivity index is 2.63. The molecular formula is C21H27BrN2O11. The van der Waals surface area contributed by atoms with Gasteiger partial charge >= 0.3 is 29.8 Å². The highest BCUT2D eigenvalue weighted by Crippen LogP contribution is 2.35. The maximum atomic E-state index is 12.3. The molecule has 13 nitrogen and oxygen atoms in total. The van der Waals surface area contributed by atoms with E-state index in [9.17, 15) is 24.0 Å². The van der Waals surface area contributed by atoms with Crippen LogP contribution >= 0.6 is 15.9 Å². The predicted molar refractivity (Wildman–Crippen MR) is 118 cm³/mol. The molecule has 5 atom stereocenters. The minimum absolute atomic E-state index is 0.0471. The maximum absolute atomic E-state index is 12.3. The molecule has 0 unspecified atom stereocenters. The second-order valence-electron chi connectivity index (χ2n) is 7.41. The molecule has 2 rings (SSSR count). The quantitative estimate of drug-likeness (QED) is 0.241. The highest BCUT2D eigenvalue weighted by atomic mass is 79.9. The fourth-order valence-corrected chi connectivity index (χ4v) is 3.88. The Morgan fingerprint density at radius 1 is 0.914 bits per heavy atom. The van der Waals surface area contributed by atoms with Gasteiger partial charge in [0, 0.05) is 33.0 Å². The fraction of sp³-hybridized carbons (Fsp3) is 0.619. The number of hydrogen-bond acceptors (Lipinski definition) is 12. The lowest BCUT2D eigenvalue weighted by Crippen LogP contribution is -2.60. The summed E-state index contributed by atoms with van der Waals surface area (Å²) in [4.78, 5) is 59.5. The van der Waals surface area contributed by atoms with Crippen LogP contribution in [0.2, 0.25) is 0 Å². The molecule has 0 bridgehead atoms. The van der Waals surface area contributed by atoms with E-state index in [0.717, 1.165) is 20.8 Å². The smallest absolute Gasteiger partial charge is 0.358 e. The predicted octanol–water partition coefficient (Wildman–Crippen LogP) is 1.21. The Labute approximate surface area is 209 Å². The summed E-state index contributed by atoms with van der Waals surface area (Å²) in [6.45, 7) is 5.93. The summed E-state index contributed by atoms with van der Waals surface area (Å²) in [7, 11) is 0. The van der Waals surface area contributed by atoms with Crippen LogP contribution in [0.15, 0.2) is 6.07 Å². The molecule has 0 radical (unpaired) electrons. The lowest BCUT2D eigenvalue weighted by molar-refractivity contribution is -0.270. The second kappa shape index (κ2) is 12.6. The highest BCUT2D eigenvalue weighted by molar-refractivity contribution is 9.08. The van der Waals surface area contributed by atoms with Gasteiger partial charge in [-0.05, 0) is 13.0 Å². The van der Waals surface area contributed by atoms with Crippen molar-refractivity contribution in [3.8, 4) is 0 Å². The molecule has 1 aliphatic heterocycles. The summed E-state index contributed by atoms with van der Waals surface area (Å²) < 4.78 is 33.6. The maximum Gasteiger partial charge on any atom is 0.358 e. The van der Waals surface area contributed by atoms with Crippen molar-refractivity contribution in [2.75, 3.05) is 13.2 Å². The highest BCUT2D eigenvalue weighted by Gasteiger charge is 2.53. The van der Waals surface area contributed by atoms with E-state index >= 15 is 0 Å². The van der Waals surface area contributed by atoms with Gasteiger partial charge in [-0.1, -0.05) is 15.9 Å². The van der Waals surface area contributed by atoms with E-state index in [-0.39, 0.29) is 24.2 Å². The first kappa shape index (κ1) is 28.2. The minimum atomic E-state index is -1.36. The molecule has 194 valence electrons. The van der Waals surface area contributed by atoms with Gasteiger partial charge < -0.3 is 28.4 Å². The van der Waals surface area contributed by atoms with Crippen LogP contribution in [0.25, 0.3) is 0 Å². The molecular weight excluding hydrogens is 536 g/mol. The van der Waals surface area contributed by atoms with Crippen LogP contribution in [0.5, 0.6) is 0 Å². The number of rotatable bonds is 9. The zero-order chi connectivity index (χ0) is 26.3. The summed E-state index contributed by atoms with van der Waals surface area (Å²) in [6, 6.07) is 1.45. The largest absolute Gasteiger partial charge is 0.463 e. The van der Waals surface area contributed by atoms with Crippen molar-refractivity contribution in [2.45, 2.75) is 70.6 Å². The molecule has 1 aromatic heterocycles. The van der Waals surface area contributed by atoms with E-state index in [0.29, 0.717) is 5.69 Å². The van der Waals surface area contributed by atoms with E-state index in [1.54, 1.807) is 6.92 Å². The van der Waals surface area contributed by atoms with Gasteiger partial charge in [-0.2, -0.15) is 5.10 Å². The van der Waals surface area contributed by atoms with Crippen LogP contribution in [0.3, 0.4) is 0 Å². The molecule has 14 heteroatoms. The van der Waals surface area contributed by atoms with Gasteiger partial charge in [-0.3, -0.25) is 19.2 Å². The van der Waals surface area contributed by atoms with E-state index in [2.05, 4.69) is 21.0 Å². The zero-order valence-electron chi connectivity index (χ0n) is 19.8. The third kappa shape index (κ3) is 7.49. The van der Waals surface area contributed by atoms with Gasteiger partial charge in [0.05, 0.1) is 12.3 Å². The summed E-state index contributed by atoms with van der Waals surface area (Å²) in [5, 5.41) is 4.45. The van der Waals surface area contributed by atoms with Crippen LogP contribution in [-0.4, -0.2) is 77.3 Å². The molecule has 0 aromatic carbocycles. The molecule has 1 aliphatic rings. The molecule has 0 aliphatic carbocycles. The third-order valence-electron chi connectivity index (χ3n) is 4.64. The minimum Gasteiger partial charge on any atom is -0.463 e. The van der Waals surface area contributed by atoms with Gasteiger partial charge in [0.25, 0.3) is 0 Å². The van der Waals surface area contributed by atoms with Crippen molar-refractivity contribution in [3.05, 3.63) is 17.5 Å². The topological polar surface area (TPSA) is 159 Å². The summed E-state index contributed by atoms with van der Waals surface area (Å²) in [6.07, 6.45) is -6.45. The second-order valence-corrected chi connectivity index (χ2v) is 7.97. The third-order valence-corrected chi connectivity index (χ3v) is 5.22. The molecule has 1 aromatic rings. The average Bonchev–Trinajstić information content (AvgIpc) is 3.19. The van der Waals surface area contributed by atoms with Crippen molar-refractivity contribution in [1.82, 2.24) is 9.78 Å².